The minimum Gasteiger partial charge on any atom is -0.542 e. The Bertz CT molecular complexity index is 782. The van der Waals surface area contributed by atoms with E-state index in [1.807, 2.05) is 18.3 Å². The van der Waals surface area contributed by atoms with Crippen molar-refractivity contribution in [2.75, 3.05) is 26.2 Å². The Morgan fingerprint density at radius 3 is 2.63 bits per heavy atom. The first-order chi connectivity index (χ1) is 12.5. The number of carbonyl (C=O) groups excluding carboxylic acids is 1. The molecule has 152 valence electrons. The standard InChI is InChI=1S/C16H21N3O3S.C2H3O.Ag/c20-23(21,14-5-1-3-13-4-2-8-17-15(13)14)19-10-6-16(7-11-19)18-9-12-22-16;1-2-3;/h1,3,5,8,18H,2,4,6-7,9-12H2;1H3;/q;-1;+1. The first-order valence-electron chi connectivity index (χ1n) is 8.85. The van der Waals surface area contributed by atoms with Gasteiger partial charge in [-0.1, -0.05) is 12.1 Å². The van der Waals surface area contributed by atoms with Crippen LogP contribution in [0.25, 0.3) is 0 Å². The van der Waals surface area contributed by atoms with Gasteiger partial charge in [0.05, 0.1) is 12.3 Å². The van der Waals surface area contributed by atoms with Gasteiger partial charge in [0.1, 0.15) is 10.6 Å². The van der Waals surface area contributed by atoms with E-state index >= 15 is 0 Å². The number of fused-ring (bicyclic) bond motifs is 1. The summed E-state index contributed by atoms with van der Waals surface area (Å²) in [6.45, 7) is 3.81. The van der Waals surface area contributed by atoms with E-state index in [0.29, 0.717) is 43.1 Å². The van der Waals surface area contributed by atoms with Crippen molar-refractivity contribution in [3.05, 3.63) is 23.8 Å². The summed E-state index contributed by atoms with van der Waals surface area (Å²) < 4.78 is 33.5. The van der Waals surface area contributed by atoms with Gasteiger partial charge in [0.15, 0.2) is 0 Å². The molecule has 2 fully saturated rings. The van der Waals surface area contributed by atoms with Crippen LogP contribution in [0.15, 0.2) is 28.1 Å². The van der Waals surface area contributed by atoms with Gasteiger partial charge in [-0.2, -0.15) is 11.2 Å². The number of para-hydroxylation sites is 1. The van der Waals surface area contributed by atoms with Gasteiger partial charge >= 0.3 is 22.4 Å². The third kappa shape index (κ3) is 4.76. The third-order valence-corrected chi connectivity index (χ3v) is 6.85. The Labute approximate surface area is 176 Å². The SMILES string of the molecule is C[C-]=O.O=S(=O)(c1cccc2c1N=CCC2)N1CCC2(CC1)NCCO2.[Ag+]. The Balaban J connectivity index is 0.000000614. The number of aryl methyl sites for hydroxylation is 1. The van der Waals surface area contributed by atoms with Crippen molar-refractivity contribution in [2.45, 2.75) is 43.2 Å². The van der Waals surface area contributed by atoms with Gasteiger partial charge in [-0.05, 0) is 24.5 Å². The van der Waals surface area contributed by atoms with E-state index in [-0.39, 0.29) is 28.1 Å². The number of hydrogen-bond acceptors (Lipinski definition) is 6. The van der Waals surface area contributed by atoms with Crippen LogP contribution in [0, 0.1) is 0 Å². The quantitative estimate of drug-likeness (QED) is 0.507. The minimum atomic E-state index is -3.51. The summed E-state index contributed by atoms with van der Waals surface area (Å²) in [5, 5.41) is 3.37. The molecule has 7 nitrogen and oxygen atoms in total. The van der Waals surface area contributed by atoms with Crippen molar-refractivity contribution in [2.24, 2.45) is 4.99 Å². The molecule has 9 heteroatoms. The van der Waals surface area contributed by atoms with Gasteiger partial charge in [0.25, 0.3) is 0 Å². The van der Waals surface area contributed by atoms with Gasteiger partial charge in [-0.3, -0.25) is 16.6 Å². The molecular formula is C18H24AgN3O4S. The summed E-state index contributed by atoms with van der Waals surface area (Å²) in [4.78, 5) is 13.4. The molecule has 0 aromatic heterocycles. The first-order valence-corrected chi connectivity index (χ1v) is 10.3. The molecule has 3 heterocycles. The zero-order valence-electron chi connectivity index (χ0n) is 15.2. The monoisotopic (exact) mass is 485 g/mol. The Kier molecular flexibility index (Phi) is 7.94. The number of ether oxygens (including phenoxy) is 1. The predicted octanol–water partition coefficient (Wildman–Crippen LogP) is 1.55. The molecule has 1 aromatic carbocycles. The van der Waals surface area contributed by atoms with Crippen molar-refractivity contribution in [3.8, 4) is 0 Å². The van der Waals surface area contributed by atoms with Crippen LogP contribution in [0.5, 0.6) is 0 Å². The molecule has 0 amide bonds. The zero-order valence-corrected chi connectivity index (χ0v) is 17.5. The minimum absolute atomic E-state index is 0. The van der Waals surface area contributed by atoms with Crippen molar-refractivity contribution in [1.29, 1.82) is 0 Å². The molecule has 0 radical (unpaired) electrons. The predicted molar refractivity (Wildman–Crippen MR) is 99.0 cm³/mol. The normalized spacial score (nSPS) is 20.9. The van der Waals surface area contributed by atoms with Crippen molar-refractivity contribution in [3.63, 3.8) is 0 Å². The van der Waals surface area contributed by atoms with Crippen LogP contribution >= 0.6 is 0 Å². The molecule has 3 aliphatic heterocycles. The van der Waals surface area contributed by atoms with Crippen LogP contribution < -0.4 is 5.32 Å². The van der Waals surface area contributed by atoms with Crippen LogP contribution in [0.2, 0.25) is 0 Å². The number of aliphatic imine (C=N–C) groups is 1. The number of nitrogens with zero attached hydrogens (tertiary/aromatic N) is 2. The summed E-state index contributed by atoms with van der Waals surface area (Å²) in [7, 11) is -3.51. The molecule has 0 aliphatic carbocycles. The van der Waals surface area contributed by atoms with Gasteiger partial charge in [-0.15, -0.1) is 0 Å². The molecule has 0 atom stereocenters. The average Bonchev–Trinajstić information content (AvgIpc) is 3.10. The van der Waals surface area contributed by atoms with Crippen molar-refractivity contribution < 1.29 is 40.3 Å². The van der Waals surface area contributed by atoms with Gasteiger partial charge in [0, 0.05) is 38.7 Å². The summed E-state index contributed by atoms with van der Waals surface area (Å²) in [6, 6.07) is 5.46. The van der Waals surface area contributed by atoms with Crippen LogP contribution in [-0.4, -0.2) is 57.2 Å². The average molecular weight is 486 g/mol. The number of benzene rings is 1. The maximum atomic E-state index is 13.1. The largest absolute Gasteiger partial charge is 1.00 e. The number of rotatable bonds is 2. The second-order valence-electron chi connectivity index (χ2n) is 6.49. The third-order valence-electron chi connectivity index (χ3n) is 4.92. The fourth-order valence-corrected chi connectivity index (χ4v) is 5.24. The smallest absolute Gasteiger partial charge is 0.542 e. The molecule has 0 saturated carbocycles. The molecular weight excluding hydrogens is 462 g/mol. The van der Waals surface area contributed by atoms with Gasteiger partial charge in [0.2, 0.25) is 10.0 Å². The topological polar surface area (TPSA) is 88.1 Å². The number of hydrogen-bond donors (Lipinski definition) is 1. The van der Waals surface area contributed by atoms with Crippen LogP contribution in [0.3, 0.4) is 0 Å². The van der Waals surface area contributed by atoms with Gasteiger partial charge < -0.3 is 9.53 Å². The van der Waals surface area contributed by atoms with Gasteiger partial charge in [-0.25, -0.2) is 8.42 Å². The van der Waals surface area contributed by atoms with E-state index in [1.165, 1.54) is 13.2 Å². The molecule has 4 rings (SSSR count). The summed E-state index contributed by atoms with van der Waals surface area (Å²) in [6.07, 6.45) is 6.40. The molecule has 0 unspecified atom stereocenters. The maximum Gasteiger partial charge on any atom is 1.00 e. The van der Waals surface area contributed by atoms with Crippen molar-refractivity contribution in [1.82, 2.24) is 9.62 Å². The number of nitrogens with one attached hydrogen (secondary N) is 1. The second-order valence-corrected chi connectivity index (χ2v) is 8.40. The first kappa shape index (κ1) is 22.4. The maximum absolute atomic E-state index is 13.1. The summed E-state index contributed by atoms with van der Waals surface area (Å²) in [5.41, 5.74) is 1.32. The second kappa shape index (κ2) is 9.56. The van der Waals surface area contributed by atoms with Crippen molar-refractivity contribution >= 4 is 28.2 Å². The van der Waals surface area contributed by atoms with E-state index in [0.717, 1.165) is 24.9 Å². The Morgan fingerprint density at radius 2 is 2.00 bits per heavy atom. The van der Waals surface area contributed by atoms with E-state index in [2.05, 4.69) is 10.3 Å². The van der Waals surface area contributed by atoms with Crippen LogP contribution in [0.1, 0.15) is 31.7 Å². The summed E-state index contributed by atoms with van der Waals surface area (Å²) >= 11 is 0. The summed E-state index contributed by atoms with van der Waals surface area (Å²) in [5.74, 6) is 0. The Morgan fingerprint density at radius 1 is 1.30 bits per heavy atom. The molecule has 27 heavy (non-hydrogen) atoms. The van der Waals surface area contributed by atoms with E-state index in [1.54, 1.807) is 10.4 Å². The number of sulfonamides is 1. The van der Waals surface area contributed by atoms with Crippen LogP contribution in [-0.2, 0) is 48.4 Å². The van der Waals surface area contributed by atoms with E-state index in [9.17, 15) is 8.42 Å². The molecule has 1 N–H and O–H groups in total. The molecule has 3 aliphatic rings. The van der Waals surface area contributed by atoms with E-state index in [4.69, 9.17) is 9.53 Å². The zero-order chi connectivity index (χ0) is 18.6. The number of piperidine rings is 1. The fraction of sp³-hybridized carbons (Fsp3) is 0.556. The van der Waals surface area contributed by atoms with Crippen LogP contribution in [0.4, 0.5) is 5.69 Å². The molecule has 2 saturated heterocycles. The fourth-order valence-electron chi connectivity index (χ4n) is 3.62. The molecule has 0 bridgehead atoms. The molecule has 1 spiro atoms. The molecule has 1 aromatic rings. The Hall–Kier alpha value is -0.870. The van der Waals surface area contributed by atoms with E-state index < -0.39 is 10.0 Å².